The topological polar surface area (TPSA) is 12.0 Å². The van der Waals surface area contributed by atoms with E-state index in [1.54, 1.807) is 30.9 Å². The highest BCUT2D eigenvalue weighted by molar-refractivity contribution is 8.00. The molecule has 1 heterocycles. The van der Waals surface area contributed by atoms with E-state index < -0.39 is 11.7 Å². The zero-order chi connectivity index (χ0) is 13.2. The van der Waals surface area contributed by atoms with Gasteiger partial charge >= 0.3 is 6.18 Å². The first-order valence-corrected chi connectivity index (χ1v) is 7.04. The smallest absolute Gasteiger partial charge is 0.312 e. The van der Waals surface area contributed by atoms with Crippen LogP contribution in [-0.4, -0.2) is 18.1 Å². The van der Waals surface area contributed by atoms with Crippen LogP contribution in [0.15, 0.2) is 24.3 Å². The fraction of sp³-hybridized carbons (Fsp3) is 0.538. The third kappa shape index (κ3) is 2.83. The lowest BCUT2D eigenvalue weighted by Crippen LogP contribution is -2.28. The van der Waals surface area contributed by atoms with Crippen LogP contribution in [0.3, 0.4) is 0 Å². The van der Waals surface area contributed by atoms with Gasteiger partial charge in [-0.05, 0) is 37.3 Å². The van der Waals surface area contributed by atoms with Gasteiger partial charge in [0.05, 0.1) is 5.56 Å². The molecule has 1 aromatic carbocycles. The molecule has 100 valence electrons. The molecule has 0 saturated carbocycles. The molecule has 1 saturated heterocycles. The minimum absolute atomic E-state index is 0.227. The average Bonchev–Trinajstić information content (AvgIpc) is 2.83. The Balaban J connectivity index is 2.35. The summed E-state index contributed by atoms with van der Waals surface area (Å²) < 4.78 is 39.0. The van der Waals surface area contributed by atoms with Crippen molar-refractivity contribution in [2.24, 2.45) is 0 Å². The Morgan fingerprint density at radius 3 is 2.61 bits per heavy atom. The molecule has 1 aliphatic rings. The lowest BCUT2D eigenvalue weighted by atomic mass is 9.96. The second-order valence-corrected chi connectivity index (χ2v) is 5.75. The third-order valence-electron chi connectivity index (χ3n) is 3.25. The van der Waals surface area contributed by atoms with Crippen LogP contribution < -0.4 is 5.32 Å². The van der Waals surface area contributed by atoms with Crippen LogP contribution in [0, 0.1) is 0 Å². The van der Waals surface area contributed by atoms with Crippen LogP contribution in [0.1, 0.15) is 30.0 Å². The Morgan fingerprint density at radius 1 is 1.33 bits per heavy atom. The summed E-state index contributed by atoms with van der Waals surface area (Å²) in [5.74, 6) is 1.04. The minimum atomic E-state index is -4.28. The van der Waals surface area contributed by atoms with Gasteiger partial charge in [-0.2, -0.15) is 24.9 Å². The van der Waals surface area contributed by atoms with Crippen molar-refractivity contribution in [3.63, 3.8) is 0 Å². The minimum Gasteiger partial charge on any atom is -0.312 e. The number of nitrogens with one attached hydrogen (secondary N) is 1. The third-order valence-corrected chi connectivity index (χ3v) is 4.71. The van der Waals surface area contributed by atoms with E-state index in [1.807, 2.05) is 0 Å². The SMILES string of the molecule is CNC(c1ccccc1C(F)(F)F)C1CCCS1. The predicted octanol–water partition coefficient (Wildman–Crippen LogP) is 3.86. The van der Waals surface area contributed by atoms with Gasteiger partial charge < -0.3 is 5.32 Å². The first kappa shape index (κ1) is 13.7. The lowest BCUT2D eigenvalue weighted by molar-refractivity contribution is -0.138. The van der Waals surface area contributed by atoms with Crippen molar-refractivity contribution in [1.82, 2.24) is 5.32 Å². The molecule has 0 aliphatic carbocycles. The molecule has 0 spiro atoms. The van der Waals surface area contributed by atoms with Gasteiger partial charge in [0.15, 0.2) is 0 Å². The second-order valence-electron chi connectivity index (χ2n) is 4.40. The molecule has 2 atom stereocenters. The van der Waals surface area contributed by atoms with Crippen molar-refractivity contribution in [3.8, 4) is 0 Å². The maximum absolute atomic E-state index is 13.0. The predicted molar refractivity (Wildman–Crippen MR) is 68.7 cm³/mol. The van der Waals surface area contributed by atoms with Crippen LogP contribution in [-0.2, 0) is 6.18 Å². The number of halogens is 3. The van der Waals surface area contributed by atoms with Gasteiger partial charge in [-0.3, -0.25) is 0 Å². The molecule has 1 fully saturated rings. The van der Waals surface area contributed by atoms with Crippen LogP contribution in [0.2, 0.25) is 0 Å². The fourth-order valence-corrected chi connectivity index (χ4v) is 3.88. The molecule has 5 heteroatoms. The summed E-state index contributed by atoms with van der Waals surface area (Å²) in [5.41, 5.74) is -0.149. The quantitative estimate of drug-likeness (QED) is 0.899. The Morgan fingerprint density at radius 2 is 2.06 bits per heavy atom. The van der Waals surface area contributed by atoms with Gasteiger partial charge in [-0.15, -0.1) is 0 Å². The van der Waals surface area contributed by atoms with Crippen LogP contribution in [0.4, 0.5) is 13.2 Å². The van der Waals surface area contributed by atoms with Crippen molar-refractivity contribution in [1.29, 1.82) is 0 Å². The molecule has 0 amide bonds. The molecule has 0 radical (unpaired) electrons. The van der Waals surface area contributed by atoms with Gasteiger partial charge in [0.25, 0.3) is 0 Å². The van der Waals surface area contributed by atoms with E-state index in [9.17, 15) is 13.2 Å². The summed E-state index contributed by atoms with van der Waals surface area (Å²) in [4.78, 5) is 0. The zero-order valence-electron chi connectivity index (χ0n) is 10.1. The fourth-order valence-electron chi connectivity index (χ4n) is 2.43. The number of hydrogen-bond acceptors (Lipinski definition) is 2. The summed E-state index contributed by atoms with van der Waals surface area (Å²) in [6.07, 6.45) is -2.22. The molecule has 1 N–H and O–H groups in total. The van der Waals surface area contributed by atoms with E-state index in [0.29, 0.717) is 5.56 Å². The molecular formula is C13H16F3NS. The highest BCUT2D eigenvalue weighted by atomic mass is 32.2. The molecule has 0 aromatic heterocycles. The highest BCUT2D eigenvalue weighted by Crippen LogP contribution is 2.40. The lowest BCUT2D eigenvalue weighted by Gasteiger charge is -2.25. The summed E-state index contributed by atoms with van der Waals surface area (Å²) >= 11 is 1.76. The summed E-state index contributed by atoms with van der Waals surface area (Å²) in [7, 11) is 1.73. The molecular weight excluding hydrogens is 259 g/mol. The molecule has 18 heavy (non-hydrogen) atoms. The van der Waals surface area contributed by atoms with Gasteiger partial charge in [0, 0.05) is 11.3 Å². The first-order valence-electron chi connectivity index (χ1n) is 5.99. The van der Waals surface area contributed by atoms with E-state index in [2.05, 4.69) is 5.32 Å². The first-order chi connectivity index (χ1) is 8.54. The van der Waals surface area contributed by atoms with E-state index in [0.717, 1.165) is 18.6 Å². The molecule has 1 nitrogen and oxygen atoms in total. The van der Waals surface area contributed by atoms with Crippen molar-refractivity contribution in [2.75, 3.05) is 12.8 Å². The maximum atomic E-state index is 13.0. The van der Waals surface area contributed by atoms with E-state index in [-0.39, 0.29) is 11.3 Å². The monoisotopic (exact) mass is 275 g/mol. The van der Waals surface area contributed by atoms with Gasteiger partial charge in [-0.1, -0.05) is 18.2 Å². The normalized spacial score (nSPS) is 22.1. The summed E-state index contributed by atoms with van der Waals surface area (Å²) in [6, 6.07) is 5.65. The van der Waals surface area contributed by atoms with Gasteiger partial charge in [0.1, 0.15) is 0 Å². The Bertz CT molecular complexity index is 399. The number of benzene rings is 1. The van der Waals surface area contributed by atoms with Crippen LogP contribution in [0.25, 0.3) is 0 Å². The van der Waals surface area contributed by atoms with Crippen molar-refractivity contribution < 1.29 is 13.2 Å². The maximum Gasteiger partial charge on any atom is 0.416 e. The standard InChI is InChI=1S/C13H16F3NS/c1-17-12(11-7-4-8-18-11)9-5-2-3-6-10(9)13(14,15)16/h2-3,5-6,11-12,17H,4,7-8H2,1H3. The molecule has 2 unspecified atom stereocenters. The average molecular weight is 275 g/mol. The van der Waals surface area contributed by atoms with Crippen molar-refractivity contribution >= 4 is 11.8 Å². The van der Waals surface area contributed by atoms with Crippen LogP contribution >= 0.6 is 11.8 Å². The zero-order valence-corrected chi connectivity index (χ0v) is 10.9. The van der Waals surface area contributed by atoms with E-state index in [1.165, 1.54) is 12.1 Å². The molecule has 2 rings (SSSR count). The summed E-state index contributed by atoms with van der Waals surface area (Å²) in [6.45, 7) is 0. The molecule has 1 aromatic rings. The van der Waals surface area contributed by atoms with Crippen LogP contribution in [0.5, 0.6) is 0 Å². The Hall–Kier alpha value is -0.680. The van der Waals surface area contributed by atoms with E-state index in [4.69, 9.17) is 0 Å². The van der Waals surface area contributed by atoms with Crippen molar-refractivity contribution in [3.05, 3.63) is 35.4 Å². The highest BCUT2D eigenvalue weighted by Gasteiger charge is 2.37. The molecule has 1 aliphatic heterocycles. The number of thioether (sulfide) groups is 1. The second kappa shape index (κ2) is 5.53. The number of alkyl halides is 3. The van der Waals surface area contributed by atoms with E-state index >= 15 is 0 Å². The largest absolute Gasteiger partial charge is 0.416 e. The Labute approximate surface area is 109 Å². The molecule has 0 bridgehead atoms. The van der Waals surface area contributed by atoms with Crippen molar-refractivity contribution in [2.45, 2.75) is 30.3 Å². The number of hydrogen-bond donors (Lipinski definition) is 1. The van der Waals surface area contributed by atoms with Gasteiger partial charge in [0.2, 0.25) is 0 Å². The summed E-state index contributed by atoms with van der Waals surface area (Å²) in [5, 5.41) is 3.29. The number of rotatable bonds is 3. The van der Waals surface area contributed by atoms with Gasteiger partial charge in [-0.25, -0.2) is 0 Å². The Kier molecular flexibility index (Phi) is 4.22.